The molecule has 116 valence electrons. The number of benzene rings is 1. The molecule has 0 spiro atoms. The van der Waals surface area contributed by atoms with E-state index in [1.165, 1.54) is 25.9 Å². The van der Waals surface area contributed by atoms with Crippen molar-refractivity contribution in [3.63, 3.8) is 0 Å². The first-order valence-electron chi connectivity index (χ1n) is 8.03. The van der Waals surface area contributed by atoms with Crippen LogP contribution in [-0.2, 0) is 0 Å². The van der Waals surface area contributed by atoms with Crippen molar-refractivity contribution in [3.05, 3.63) is 42.2 Å². The molecular formula is C18H18N4O. The molecule has 1 atom stereocenters. The van der Waals surface area contributed by atoms with E-state index >= 15 is 0 Å². The van der Waals surface area contributed by atoms with Crippen molar-refractivity contribution < 1.29 is 4.74 Å². The molecule has 0 saturated carbocycles. The minimum atomic E-state index is 0.213. The Balaban J connectivity index is 1.49. The van der Waals surface area contributed by atoms with Crippen molar-refractivity contribution in [3.8, 4) is 23.2 Å². The fourth-order valence-electron chi connectivity index (χ4n) is 3.47. The van der Waals surface area contributed by atoms with Crippen molar-refractivity contribution in [2.75, 3.05) is 19.6 Å². The average Bonchev–Trinajstić information content (AvgIpc) is 2.63. The van der Waals surface area contributed by atoms with Crippen LogP contribution in [0.3, 0.4) is 0 Å². The third-order valence-corrected chi connectivity index (χ3v) is 4.81. The van der Waals surface area contributed by atoms with Gasteiger partial charge in [-0.1, -0.05) is 12.1 Å². The maximum atomic E-state index is 8.98. The van der Waals surface area contributed by atoms with Crippen LogP contribution >= 0.6 is 0 Å². The summed E-state index contributed by atoms with van der Waals surface area (Å²) in [6.45, 7) is 3.37. The predicted octanol–water partition coefficient (Wildman–Crippen LogP) is 2.49. The van der Waals surface area contributed by atoms with Crippen molar-refractivity contribution in [1.82, 2.24) is 14.9 Å². The first-order chi connectivity index (χ1) is 11.3. The van der Waals surface area contributed by atoms with Crippen molar-refractivity contribution in [2.24, 2.45) is 5.92 Å². The molecule has 0 radical (unpaired) electrons. The molecule has 1 aromatic heterocycles. The first kappa shape index (κ1) is 14.2. The van der Waals surface area contributed by atoms with Gasteiger partial charge in [-0.25, -0.2) is 9.97 Å². The second-order valence-electron chi connectivity index (χ2n) is 6.24. The number of fused-ring (bicyclic) bond motifs is 3. The van der Waals surface area contributed by atoms with Crippen molar-refractivity contribution in [1.29, 1.82) is 5.26 Å². The van der Waals surface area contributed by atoms with E-state index in [0.29, 0.717) is 17.5 Å². The number of nitrogens with zero attached hydrogens (tertiary/aromatic N) is 4. The van der Waals surface area contributed by atoms with Gasteiger partial charge in [-0.15, -0.1) is 0 Å². The van der Waals surface area contributed by atoms with E-state index in [1.807, 2.05) is 18.2 Å². The van der Waals surface area contributed by atoms with Gasteiger partial charge in [0.2, 0.25) is 0 Å². The van der Waals surface area contributed by atoms with E-state index in [1.54, 1.807) is 18.5 Å². The molecule has 3 aliphatic rings. The second-order valence-corrected chi connectivity index (χ2v) is 6.24. The maximum absolute atomic E-state index is 8.98. The summed E-state index contributed by atoms with van der Waals surface area (Å²) in [5.74, 6) is 0.635. The van der Waals surface area contributed by atoms with Crippen molar-refractivity contribution >= 4 is 0 Å². The van der Waals surface area contributed by atoms with Gasteiger partial charge >= 0.3 is 6.01 Å². The lowest BCUT2D eigenvalue weighted by Crippen LogP contribution is -2.52. The predicted molar refractivity (Wildman–Crippen MR) is 85.8 cm³/mol. The zero-order valence-electron chi connectivity index (χ0n) is 12.9. The van der Waals surface area contributed by atoms with Gasteiger partial charge in [0.05, 0.1) is 11.6 Å². The highest BCUT2D eigenvalue weighted by molar-refractivity contribution is 5.63. The van der Waals surface area contributed by atoms with Crippen LogP contribution in [0.2, 0.25) is 0 Å². The molecule has 3 aliphatic heterocycles. The van der Waals surface area contributed by atoms with Gasteiger partial charge in [0.15, 0.2) is 0 Å². The molecule has 3 fully saturated rings. The van der Waals surface area contributed by atoms with E-state index in [4.69, 9.17) is 10.00 Å². The molecule has 2 bridgehead atoms. The Morgan fingerprint density at radius 1 is 1.13 bits per heavy atom. The standard InChI is InChI=1S/C18H18N4O/c19-9-13-2-1-3-15(8-13)16-10-20-18(21-11-16)23-17-12-22-6-4-14(17)5-7-22/h1-3,8,10-11,14,17H,4-7,12H2. The van der Waals surface area contributed by atoms with Crippen LogP contribution in [0.1, 0.15) is 18.4 Å². The lowest BCUT2D eigenvalue weighted by atomic mass is 9.86. The molecule has 0 aliphatic carbocycles. The molecule has 0 amide bonds. The Morgan fingerprint density at radius 2 is 1.91 bits per heavy atom. The number of nitriles is 1. The quantitative estimate of drug-likeness (QED) is 0.872. The van der Waals surface area contributed by atoms with E-state index in [9.17, 15) is 0 Å². The van der Waals surface area contributed by atoms with Gasteiger partial charge in [0.1, 0.15) is 6.10 Å². The number of piperidine rings is 3. The number of ether oxygens (including phenoxy) is 1. The number of aromatic nitrogens is 2. The van der Waals surface area contributed by atoms with E-state index in [0.717, 1.165) is 17.7 Å². The minimum Gasteiger partial charge on any atom is -0.458 e. The number of rotatable bonds is 3. The summed E-state index contributed by atoms with van der Waals surface area (Å²) in [5.41, 5.74) is 2.47. The third kappa shape index (κ3) is 2.90. The summed E-state index contributed by atoms with van der Waals surface area (Å²) < 4.78 is 6.01. The van der Waals surface area contributed by atoms with Crippen LogP contribution in [0.4, 0.5) is 0 Å². The number of hydrogen-bond acceptors (Lipinski definition) is 5. The smallest absolute Gasteiger partial charge is 0.316 e. The Labute approximate surface area is 135 Å². The highest BCUT2D eigenvalue weighted by Gasteiger charge is 2.35. The summed E-state index contributed by atoms with van der Waals surface area (Å²) >= 11 is 0. The Kier molecular flexibility index (Phi) is 3.68. The summed E-state index contributed by atoms with van der Waals surface area (Å²) in [4.78, 5) is 11.2. The van der Waals surface area contributed by atoms with Gasteiger partial charge in [0.25, 0.3) is 0 Å². The fraction of sp³-hybridized carbons (Fsp3) is 0.389. The van der Waals surface area contributed by atoms with Crippen LogP contribution in [0, 0.1) is 17.2 Å². The molecule has 2 aromatic rings. The minimum absolute atomic E-state index is 0.213. The van der Waals surface area contributed by atoms with Gasteiger partial charge in [-0.2, -0.15) is 5.26 Å². The molecular weight excluding hydrogens is 288 g/mol. The largest absolute Gasteiger partial charge is 0.458 e. The van der Waals surface area contributed by atoms with Gasteiger partial charge in [-0.3, -0.25) is 4.90 Å². The zero-order valence-corrected chi connectivity index (χ0v) is 12.9. The Bertz CT molecular complexity index is 729. The lowest BCUT2D eigenvalue weighted by molar-refractivity contribution is -0.0123. The SMILES string of the molecule is N#Cc1cccc(-c2cnc(OC3CN4CCC3CC4)nc2)c1. The van der Waals surface area contributed by atoms with E-state index in [-0.39, 0.29) is 6.10 Å². The molecule has 5 rings (SSSR count). The lowest BCUT2D eigenvalue weighted by Gasteiger charge is -2.43. The average molecular weight is 306 g/mol. The van der Waals surface area contributed by atoms with Crippen LogP contribution in [0.15, 0.2) is 36.7 Å². The van der Waals surface area contributed by atoms with Gasteiger partial charge in [-0.05, 0) is 49.5 Å². The van der Waals surface area contributed by atoms with Gasteiger partial charge in [0, 0.05) is 24.5 Å². The molecule has 0 N–H and O–H groups in total. The van der Waals surface area contributed by atoms with Crippen molar-refractivity contribution in [2.45, 2.75) is 18.9 Å². The molecule has 3 saturated heterocycles. The Morgan fingerprint density at radius 3 is 2.57 bits per heavy atom. The summed E-state index contributed by atoms with van der Waals surface area (Å²) in [7, 11) is 0. The molecule has 1 unspecified atom stereocenters. The maximum Gasteiger partial charge on any atom is 0.316 e. The topological polar surface area (TPSA) is 62.0 Å². The molecule has 5 heteroatoms. The molecule has 23 heavy (non-hydrogen) atoms. The monoisotopic (exact) mass is 306 g/mol. The van der Waals surface area contributed by atoms with Crippen LogP contribution < -0.4 is 4.74 Å². The second kappa shape index (κ2) is 5.98. The molecule has 4 heterocycles. The molecule has 1 aromatic carbocycles. The van der Waals surface area contributed by atoms with Crippen LogP contribution in [0.25, 0.3) is 11.1 Å². The first-order valence-corrected chi connectivity index (χ1v) is 8.03. The third-order valence-electron chi connectivity index (χ3n) is 4.81. The van der Waals surface area contributed by atoms with E-state index in [2.05, 4.69) is 20.9 Å². The zero-order chi connectivity index (χ0) is 15.6. The van der Waals surface area contributed by atoms with E-state index < -0.39 is 0 Å². The van der Waals surface area contributed by atoms with Crippen LogP contribution in [0.5, 0.6) is 6.01 Å². The Hall–Kier alpha value is -2.45. The number of hydrogen-bond donors (Lipinski definition) is 0. The summed E-state index contributed by atoms with van der Waals surface area (Å²) in [6.07, 6.45) is 6.17. The summed E-state index contributed by atoms with van der Waals surface area (Å²) in [5, 5.41) is 8.98. The highest BCUT2D eigenvalue weighted by atomic mass is 16.5. The normalized spacial score (nSPS) is 25.8. The fourth-order valence-corrected chi connectivity index (χ4v) is 3.47. The molecule has 5 nitrogen and oxygen atoms in total. The summed E-state index contributed by atoms with van der Waals surface area (Å²) in [6, 6.07) is 10.0. The van der Waals surface area contributed by atoms with Gasteiger partial charge < -0.3 is 4.74 Å². The van der Waals surface area contributed by atoms with Crippen LogP contribution in [-0.4, -0.2) is 40.6 Å². The highest BCUT2D eigenvalue weighted by Crippen LogP contribution is 2.30.